The first-order chi connectivity index (χ1) is 52.7. The first kappa shape index (κ1) is 102. The average molecular weight is 1550 g/mol. The third-order valence-corrected chi connectivity index (χ3v) is 18.3. The monoisotopic (exact) mass is 1550 g/mol. The Hall–Kier alpha value is -5.84. The molecule has 0 rings (SSSR count). The van der Waals surface area contributed by atoms with Gasteiger partial charge in [-0.2, -0.15) is 0 Å². The van der Waals surface area contributed by atoms with Crippen LogP contribution >= 0.6 is 15.6 Å². The van der Waals surface area contributed by atoms with Gasteiger partial charge in [0, 0.05) is 19.3 Å². The molecule has 5 unspecified atom stereocenters. The lowest BCUT2D eigenvalue weighted by Gasteiger charge is -2.21. The molecule has 17 nitrogen and oxygen atoms in total. The molecule has 612 valence electrons. The first-order valence-electron chi connectivity index (χ1n) is 41.0. The van der Waals surface area contributed by atoms with Crippen LogP contribution in [0.15, 0.2) is 182 Å². The summed E-state index contributed by atoms with van der Waals surface area (Å²) < 4.78 is 68.5. The summed E-state index contributed by atoms with van der Waals surface area (Å²) in [5.74, 6) is -2.41. The number of phosphoric acid groups is 2. The van der Waals surface area contributed by atoms with Gasteiger partial charge < -0.3 is 33.8 Å². The molecule has 0 bridgehead atoms. The van der Waals surface area contributed by atoms with Crippen LogP contribution in [0.4, 0.5) is 0 Å². The average Bonchev–Trinajstić information content (AvgIpc) is 0.907. The molecule has 0 aromatic rings. The Balaban J connectivity index is 5.49. The van der Waals surface area contributed by atoms with Crippen LogP contribution in [-0.2, 0) is 65.4 Å². The molecule has 0 saturated carbocycles. The molecule has 19 heteroatoms. The van der Waals surface area contributed by atoms with Crippen molar-refractivity contribution in [3.8, 4) is 0 Å². The lowest BCUT2D eigenvalue weighted by atomic mass is 10.1. The van der Waals surface area contributed by atoms with Crippen molar-refractivity contribution in [1.82, 2.24) is 0 Å². The number of aliphatic hydroxyl groups excluding tert-OH is 1. The minimum absolute atomic E-state index is 0.0303. The van der Waals surface area contributed by atoms with Crippen LogP contribution < -0.4 is 0 Å². The Labute approximate surface area is 654 Å². The minimum atomic E-state index is -5.02. The summed E-state index contributed by atoms with van der Waals surface area (Å²) in [6.45, 7) is 4.39. The van der Waals surface area contributed by atoms with Crippen molar-refractivity contribution in [1.29, 1.82) is 0 Å². The van der Waals surface area contributed by atoms with Gasteiger partial charge >= 0.3 is 39.5 Å². The van der Waals surface area contributed by atoms with Crippen LogP contribution in [0.2, 0.25) is 0 Å². The highest BCUT2D eigenvalue weighted by atomic mass is 31.2. The number of unbranched alkanes of at least 4 members (excludes halogenated alkanes) is 20. The largest absolute Gasteiger partial charge is 0.472 e. The van der Waals surface area contributed by atoms with Crippen LogP contribution in [0, 0.1) is 0 Å². The molecule has 108 heavy (non-hydrogen) atoms. The van der Waals surface area contributed by atoms with Gasteiger partial charge in [-0.3, -0.25) is 37.3 Å². The van der Waals surface area contributed by atoms with Crippen molar-refractivity contribution in [3.63, 3.8) is 0 Å². The first-order valence-corrected chi connectivity index (χ1v) is 44.0. The van der Waals surface area contributed by atoms with Crippen LogP contribution in [-0.4, -0.2) is 96.7 Å². The van der Waals surface area contributed by atoms with Crippen molar-refractivity contribution < 1.29 is 80.2 Å². The van der Waals surface area contributed by atoms with Gasteiger partial charge in [0.15, 0.2) is 12.2 Å². The maximum Gasteiger partial charge on any atom is 0.472 e. The van der Waals surface area contributed by atoms with E-state index in [1.165, 1.54) is 38.5 Å². The van der Waals surface area contributed by atoms with E-state index in [-0.39, 0.29) is 25.7 Å². The van der Waals surface area contributed by atoms with Gasteiger partial charge in [-0.15, -0.1) is 0 Å². The molecule has 0 saturated heterocycles. The molecule has 5 atom stereocenters. The molecule has 0 aromatic carbocycles. The number of carbonyl (C=O) groups is 4. The second-order valence-electron chi connectivity index (χ2n) is 26.6. The summed E-state index contributed by atoms with van der Waals surface area (Å²) in [6, 6.07) is 0. The summed E-state index contributed by atoms with van der Waals surface area (Å²) >= 11 is 0. The number of esters is 4. The Morgan fingerprint density at radius 2 is 0.519 bits per heavy atom. The molecule has 3 N–H and O–H groups in total. The van der Waals surface area contributed by atoms with E-state index in [4.69, 9.17) is 37.0 Å². The summed E-state index contributed by atoms with van der Waals surface area (Å²) in [4.78, 5) is 73.1. The number of ether oxygens (including phenoxy) is 4. The van der Waals surface area contributed by atoms with Gasteiger partial charge in [-0.25, -0.2) is 9.13 Å². The van der Waals surface area contributed by atoms with E-state index in [0.29, 0.717) is 32.1 Å². The number of hydrogen-bond donors (Lipinski definition) is 3. The van der Waals surface area contributed by atoms with Gasteiger partial charge in [-0.1, -0.05) is 287 Å². The van der Waals surface area contributed by atoms with Crippen LogP contribution in [0.5, 0.6) is 0 Å². The van der Waals surface area contributed by atoms with Crippen LogP contribution in [0.3, 0.4) is 0 Å². The van der Waals surface area contributed by atoms with Crippen molar-refractivity contribution in [2.75, 3.05) is 39.6 Å². The number of allylic oxidation sites excluding steroid dienone is 29. The van der Waals surface area contributed by atoms with E-state index in [9.17, 15) is 43.2 Å². The minimum Gasteiger partial charge on any atom is -0.462 e. The second kappa shape index (κ2) is 79.3. The molecule has 0 heterocycles. The molecule has 0 aliphatic carbocycles. The summed E-state index contributed by atoms with van der Waals surface area (Å²) in [7, 11) is -10.0. The van der Waals surface area contributed by atoms with Crippen molar-refractivity contribution in [2.24, 2.45) is 0 Å². The standard InChI is InChI=1S/C89H144O17P2/c1-5-9-13-17-21-25-29-33-37-39-41-43-47-49-53-57-61-65-69-73-86(91)99-79-84(105-88(93)75-71-67-63-59-55-51-45-35-31-27-23-19-15-11-7-3)81-103-107(95,96)101-77-83(90)78-102-108(97,98)104-82-85(106-89(94)76-72-68-64-60-56-52-46-36-32-28-24-20-16-12-8-4)80-100-87(92)74-70-66-62-58-54-50-48-44-42-40-38-34-30-26-22-18-14-10-6-2/h11-12,15-16,21-28,33-38,41-46,55-56,59-60,67,71,83-85,90H,5-10,13-14,17-20,29-32,39-40,47-54,57-58,61-66,68-70,72-82H2,1-4H3,(H,95,96)(H,97,98)/b15-11-,16-12-,25-21-,26-22-,27-23-,28-24-,37-33-,38-34-,43-41-,44-42-,45-35-,46-36-,59-55-,60-56-,71-67-. The van der Waals surface area contributed by atoms with Gasteiger partial charge in [0.1, 0.15) is 19.3 Å². The predicted molar refractivity (Wildman–Crippen MR) is 445 cm³/mol. The summed E-state index contributed by atoms with van der Waals surface area (Å²) in [5, 5.41) is 10.7. The molecule has 0 amide bonds. The number of rotatable bonds is 75. The summed E-state index contributed by atoms with van der Waals surface area (Å²) in [5.41, 5.74) is 0. The van der Waals surface area contributed by atoms with E-state index in [2.05, 4.69) is 186 Å². The normalized spacial score (nSPS) is 14.8. The fraction of sp³-hybridized carbons (Fsp3) is 0.618. The smallest absolute Gasteiger partial charge is 0.462 e. The molecule has 0 spiro atoms. The highest BCUT2D eigenvalue weighted by Crippen LogP contribution is 2.45. The second-order valence-corrected chi connectivity index (χ2v) is 29.5. The Bertz CT molecular complexity index is 2760. The zero-order valence-corrected chi connectivity index (χ0v) is 68.7. The third-order valence-electron chi connectivity index (χ3n) is 16.4. The van der Waals surface area contributed by atoms with E-state index >= 15 is 0 Å². The molecule has 0 aromatic heterocycles. The zero-order chi connectivity index (χ0) is 78.9. The summed E-state index contributed by atoms with van der Waals surface area (Å²) in [6.07, 6.45) is 96.1. The highest BCUT2D eigenvalue weighted by Gasteiger charge is 2.30. The number of hydrogen-bond acceptors (Lipinski definition) is 15. The number of phosphoric ester groups is 2. The zero-order valence-electron chi connectivity index (χ0n) is 66.9. The van der Waals surface area contributed by atoms with Crippen molar-refractivity contribution >= 4 is 39.5 Å². The predicted octanol–water partition coefficient (Wildman–Crippen LogP) is 24.3. The van der Waals surface area contributed by atoms with E-state index in [1.54, 1.807) is 12.2 Å². The SMILES string of the molecule is CC/C=C\C/C=C\C/C=C\C/C=C\C/C=C\CC(=O)OC(COC(=O)CCCCCCCC/C=C\C/C=C\C/C=C\CCCCC)COP(=O)(O)OCC(O)COP(=O)(O)OCC(COC(=O)CCCCCCCC/C=C\C/C=C\C/C=C\CCCCC)OC(=O)CCCC/C=C\C/C=C\C/C=C\C/C=C\CC. The van der Waals surface area contributed by atoms with Crippen molar-refractivity contribution in [3.05, 3.63) is 182 Å². The fourth-order valence-corrected chi connectivity index (χ4v) is 11.8. The maximum absolute atomic E-state index is 13.1. The number of carbonyl (C=O) groups excluding carboxylic acids is 4. The van der Waals surface area contributed by atoms with E-state index in [1.807, 2.05) is 12.2 Å². The van der Waals surface area contributed by atoms with Crippen LogP contribution in [0.1, 0.15) is 297 Å². The van der Waals surface area contributed by atoms with Crippen molar-refractivity contribution in [2.45, 2.75) is 316 Å². The third kappa shape index (κ3) is 78.3. The topological polar surface area (TPSA) is 237 Å². The fourth-order valence-electron chi connectivity index (χ4n) is 10.2. The van der Waals surface area contributed by atoms with Gasteiger partial charge in [-0.05, 0) is 167 Å². The quantitative estimate of drug-likeness (QED) is 0.0169. The molecule has 0 radical (unpaired) electrons. The molecular weight excluding hydrogens is 1400 g/mol. The maximum atomic E-state index is 13.1. The number of aliphatic hydroxyl groups is 1. The van der Waals surface area contributed by atoms with Crippen LogP contribution in [0.25, 0.3) is 0 Å². The molecule has 0 aliphatic heterocycles. The van der Waals surface area contributed by atoms with Gasteiger partial charge in [0.2, 0.25) is 0 Å². The Kier molecular flexibility index (Phi) is 75.0. The van der Waals surface area contributed by atoms with Gasteiger partial charge in [0.05, 0.1) is 32.8 Å². The highest BCUT2D eigenvalue weighted by molar-refractivity contribution is 7.47. The van der Waals surface area contributed by atoms with E-state index in [0.717, 1.165) is 173 Å². The van der Waals surface area contributed by atoms with E-state index < -0.39 is 97.5 Å². The molecule has 0 aliphatic rings. The lowest BCUT2D eigenvalue weighted by Crippen LogP contribution is -2.30. The van der Waals surface area contributed by atoms with Gasteiger partial charge in [0.25, 0.3) is 0 Å². The molecular formula is C89H144O17P2. The lowest BCUT2D eigenvalue weighted by molar-refractivity contribution is -0.161. The molecule has 0 fully saturated rings. The Morgan fingerprint density at radius 3 is 0.843 bits per heavy atom. The Morgan fingerprint density at radius 1 is 0.278 bits per heavy atom.